The number of amides is 1. The Kier molecular flexibility index (Phi) is 5.21. The molecule has 0 bridgehead atoms. The Morgan fingerprint density at radius 2 is 1.92 bits per heavy atom. The van der Waals surface area contributed by atoms with E-state index in [-0.39, 0.29) is 13.0 Å². The lowest BCUT2D eigenvalue weighted by molar-refractivity contribution is -0.142. The zero-order chi connectivity index (χ0) is 17.9. The van der Waals surface area contributed by atoms with Crippen LogP contribution >= 0.6 is 0 Å². The minimum Gasteiger partial charge on any atom is -0.497 e. The molecule has 0 aliphatic carbocycles. The third-order valence-corrected chi connectivity index (χ3v) is 3.52. The molecule has 1 amide bonds. The number of methoxy groups -OCH3 is 1. The van der Waals surface area contributed by atoms with E-state index >= 15 is 0 Å². The third kappa shape index (κ3) is 4.53. The first-order chi connectivity index (χ1) is 11.2. The highest BCUT2D eigenvalue weighted by Crippen LogP contribution is 2.27. The summed E-state index contributed by atoms with van der Waals surface area (Å²) in [5, 5.41) is 9.37. The summed E-state index contributed by atoms with van der Waals surface area (Å²) in [5.41, 5.74) is -0.689. The molecule has 1 aromatic carbocycles. The van der Waals surface area contributed by atoms with Gasteiger partial charge in [0, 0.05) is 12.5 Å². The van der Waals surface area contributed by atoms with Crippen molar-refractivity contribution >= 4 is 12.1 Å². The van der Waals surface area contributed by atoms with Crippen LogP contribution in [0.2, 0.25) is 0 Å². The molecule has 1 fully saturated rings. The highest BCUT2D eigenvalue weighted by molar-refractivity contribution is 5.81. The predicted octanol–water partition coefficient (Wildman–Crippen LogP) is 2.54. The smallest absolute Gasteiger partial charge is 0.411 e. The fourth-order valence-electron chi connectivity index (χ4n) is 2.51. The Balaban J connectivity index is 2.08. The lowest BCUT2D eigenvalue weighted by atomic mass is 10.2. The molecule has 1 aliphatic rings. The number of hydrogen-bond acceptors (Lipinski definition) is 5. The Morgan fingerprint density at radius 1 is 1.25 bits per heavy atom. The zero-order valence-corrected chi connectivity index (χ0v) is 14.3. The lowest BCUT2D eigenvalue weighted by Crippen LogP contribution is -2.43. The van der Waals surface area contributed by atoms with E-state index in [4.69, 9.17) is 14.2 Å². The number of carboxylic acids is 1. The first kappa shape index (κ1) is 17.9. The summed E-state index contributed by atoms with van der Waals surface area (Å²) in [4.78, 5) is 24.9. The summed E-state index contributed by atoms with van der Waals surface area (Å²) < 4.78 is 16.2. The molecule has 0 unspecified atom stereocenters. The molecule has 132 valence electrons. The van der Waals surface area contributed by atoms with Gasteiger partial charge < -0.3 is 19.3 Å². The first-order valence-electron chi connectivity index (χ1n) is 7.73. The number of ether oxygens (including phenoxy) is 3. The van der Waals surface area contributed by atoms with E-state index in [9.17, 15) is 14.7 Å². The quantitative estimate of drug-likeness (QED) is 0.909. The molecule has 1 saturated heterocycles. The zero-order valence-electron chi connectivity index (χ0n) is 14.3. The standard InChI is InChI=1S/C17H23NO6/c1-17(2,3)24-16(21)18-10-13(9-14(18)15(19)20)23-12-7-5-6-11(8-12)22-4/h5-8,13-14H,9-10H2,1-4H3,(H,19,20)/t13-,14-/m0/s1. The Hall–Kier alpha value is -2.44. The van der Waals surface area contributed by atoms with Crippen molar-refractivity contribution in [1.29, 1.82) is 0 Å². The average Bonchev–Trinajstić information content (AvgIpc) is 2.90. The van der Waals surface area contributed by atoms with Crippen LogP contribution in [-0.2, 0) is 9.53 Å². The largest absolute Gasteiger partial charge is 0.497 e. The molecule has 24 heavy (non-hydrogen) atoms. The molecule has 1 heterocycles. The normalized spacial score (nSPS) is 20.6. The Bertz CT molecular complexity index is 609. The summed E-state index contributed by atoms with van der Waals surface area (Å²) in [6.07, 6.45) is -0.872. The average molecular weight is 337 g/mol. The second-order valence-corrected chi connectivity index (χ2v) is 6.64. The van der Waals surface area contributed by atoms with Gasteiger partial charge in [0.15, 0.2) is 0 Å². The molecule has 1 aliphatic heterocycles. The van der Waals surface area contributed by atoms with Crippen molar-refractivity contribution in [2.24, 2.45) is 0 Å². The lowest BCUT2D eigenvalue weighted by Gasteiger charge is -2.26. The van der Waals surface area contributed by atoms with Crippen molar-refractivity contribution in [2.75, 3.05) is 13.7 Å². The van der Waals surface area contributed by atoms with Gasteiger partial charge in [-0.3, -0.25) is 4.90 Å². The summed E-state index contributed by atoms with van der Waals surface area (Å²) >= 11 is 0. The van der Waals surface area contributed by atoms with Gasteiger partial charge in [0.25, 0.3) is 0 Å². The van der Waals surface area contributed by atoms with Crippen LogP contribution in [0.3, 0.4) is 0 Å². The van der Waals surface area contributed by atoms with Gasteiger partial charge >= 0.3 is 12.1 Å². The van der Waals surface area contributed by atoms with Crippen molar-refractivity contribution in [2.45, 2.75) is 44.9 Å². The van der Waals surface area contributed by atoms with Gasteiger partial charge in [-0.1, -0.05) is 6.07 Å². The number of nitrogens with zero attached hydrogens (tertiary/aromatic N) is 1. The van der Waals surface area contributed by atoms with Crippen molar-refractivity contribution < 1.29 is 28.9 Å². The van der Waals surface area contributed by atoms with Crippen LogP contribution in [0.4, 0.5) is 4.79 Å². The van der Waals surface area contributed by atoms with Gasteiger partial charge in [-0.2, -0.15) is 0 Å². The van der Waals surface area contributed by atoms with E-state index in [0.29, 0.717) is 11.5 Å². The topological polar surface area (TPSA) is 85.3 Å². The van der Waals surface area contributed by atoms with Crippen LogP contribution in [0.1, 0.15) is 27.2 Å². The first-order valence-corrected chi connectivity index (χ1v) is 7.73. The molecule has 7 nitrogen and oxygen atoms in total. The predicted molar refractivity (Wildman–Crippen MR) is 86.4 cm³/mol. The fraction of sp³-hybridized carbons (Fsp3) is 0.529. The number of likely N-dealkylation sites (tertiary alicyclic amines) is 1. The monoisotopic (exact) mass is 337 g/mol. The van der Waals surface area contributed by atoms with Crippen LogP contribution in [0, 0.1) is 0 Å². The summed E-state index contributed by atoms with van der Waals surface area (Å²) in [7, 11) is 1.55. The van der Waals surface area contributed by atoms with Crippen LogP contribution in [0.5, 0.6) is 11.5 Å². The maximum absolute atomic E-state index is 12.2. The molecular weight excluding hydrogens is 314 g/mol. The number of benzene rings is 1. The van der Waals surface area contributed by atoms with Gasteiger partial charge in [-0.05, 0) is 32.9 Å². The summed E-state index contributed by atoms with van der Waals surface area (Å²) in [5.74, 6) is 0.136. The van der Waals surface area contributed by atoms with E-state index in [1.54, 1.807) is 52.1 Å². The SMILES string of the molecule is COc1cccc(O[C@H]2C[C@@H](C(=O)O)N(C(=O)OC(C)(C)C)C2)c1. The second-order valence-electron chi connectivity index (χ2n) is 6.64. The second kappa shape index (κ2) is 6.98. The number of carbonyl (C=O) groups excluding carboxylic acids is 1. The van der Waals surface area contributed by atoms with Crippen molar-refractivity contribution in [3.8, 4) is 11.5 Å². The van der Waals surface area contributed by atoms with E-state index in [2.05, 4.69) is 0 Å². The third-order valence-electron chi connectivity index (χ3n) is 3.52. The maximum Gasteiger partial charge on any atom is 0.411 e. The summed E-state index contributed by atoms with van der Waals surface area (Å²) in [6, 6.07) is 6.08. The van der Waals surface area contributed by atoms with Gasteiger partial charge in [-0.15, -0.1) is 0 Å². The van der Waals surface area contributed by atoms with Crippen LogP contribution in [-0.4, -0.2) is 53.5 Å². The molecule has 1 N–H and O–H groups in total. The van der Waals surface area contributed by atoms with Gasteiger partial charge in [0.2, 0.25) is 0 Å². The Morgan fingerprint density at radius 3 is 2.50 bits per heavy atom. The van der Waals surface area contributed by atoms with Gasteiger partial charge in [0.05, 0.1) is 13.7 Å². The summed E-state index contributed by atoms with van der Waals surface area (Å²) in [6.45, 7) is 5.37. The minimum absolute atomic E-state index is 0.156. The number of hydrogen-bond donors (Lipinski definition) is 1. The van der Waals surface area contributed by atoms with Gasteiger partial charge in [0.1, 0.15) is 29.2 Å². The number of carbonyl (C=O) groups is 2. The van der Waals surface area contributed by atoms with Crippen LogP contribution < -0.4 is 9.47 Å². The Labute approximate surface area is 141 Å². The van der Waals surface area contributed by atoms with E-state index < -0.39 is 29.8 Å². The molecular formula is C17H23NO6. The van der Waals surface area contributed by atoms with Crippen LogP contribution in [0.15, 0.2) is 24.3 Å². The molecule has 0 aromatic heterocycles. The highest BCUT2D eigenvalue weighted by atomic mass is 16.6. The molecule has 2 atom stereocenters. The minimum atomic E-state index is -1.07. The van der Waals surface area contributed by atoms with Crippen molar-refractivity contribution in [3.05, 3.63) is 24.3 Å². The van der Waals surface area contributed by atoms with Crippen molar-refractivity contribution in [1.82, 2.24) is 4.90 Å². The maximum atomic E-state index is 12.2. The fourth-order valence-corrected chi connectivity index (χ4v) is 2.51. The van der Waals surface area contributed by atoms with Crippen LogP contribution in [0.25, 0.3) is 0 Å². The number of aliphatic carboxylic acids is 1. The number of carboxylic acid groups (broad SMARTS) is 1. The molecule has 7 heteroatoms. The van der Waals surface area contributed by atoms with E-state index in [1.807, 2.05) is 0 Å². The van der Waals surface area contributed by atoms with E-state index in [1.165, 1.54) is 4.90 Å². The highest BCUT2D eigenvalue weighted by Gasteiger charge is 2.42. The molecule has 2 rings (SSSR count). The molecule has 0 radical (unpaired) electrons. The number of rotatable bonds is 4. The molecule has 1 aromatic rings. The molecule has 0 saturated carbocycles. The van der Waals surface area contributed by atoms with Gasteiger partial charge in [-0.25, -0.2) is 9.59 Å². The van der Waals surface area contributed by atoms with Crippen molar-refractivity contribution in [3.63, 3.8) is 0 Å². The molecule has 0 spiro atoms. The van der Waals surface area contributed by atoms with E-state index in [0.717, 1.165) is 0 Å².